The molecule has 0 aliphatic heterocycles. The van der Waals surface area contributed by atoms with Crippen molar-refractivity contribution in [1.29, 1.82) is 0 Å². The highest BCUT2D eigenvalue weighted by molar-refractivity contribution is 7.84. The van der Waals surface area contributed by atoms with Crippen LogP contribution in [0.3, 0.4) is 0 Å². The second kappa shape index (κ2) is 10.6. The lowest BCUT2D eigenvalue weighted by molar-refractivity contribution is 0.177. The first kappa shape index (κ1) is 24.0. The molecule has 0 saturated carbocycles. The van der Waals surface area contributed by atoms with Gasteiger partial charge < -0.3 is 9.05 Å². The van der Waals surface area contributed by atoms with Gasteiger partial charge in [-0.25, -0.2) is 8.93 Å². The van der Waals surface area contributed by atoms with Crippen LogP contribution in [0.1, 0.15) is 45.7 Å². The SMILES string of the molecule is CC(C)[C@H](NS(=O)C(C)(C)C)P(=O)(OCc1ccccc1)OCc1ccccc1. The largest absolute Gasteiger partial charge is 0.349 e. The molecule has 0 aromatic heterocycles. The molecule has 0 saturated heterocycles. The van der Waals surface area contributed by atoms with Crippen molar-refractivity contribution in [3.63, 3.8) is 0 Å². The summed E-state index contributed by atoms with van der Waals surface area (Å²) in [5.74, 6) is -0.811. The first-order chi connectivity index (χ1) is 13.6. The third-order valence-electron chi connectivity index (χ3n) is 4.26. The van der Waals surface area contributed by atoms with Crippen molar-refractivity contribution in [3.05, 3.63) is 71.8 Å². The van der Waals surface area contributed by atoms with Crippen LogP contribution < -0.4 is 4.72 Å². The van der Waals surface area contributed by atoms with E-state index in [4.69, 9.17) is 9.05 Å². The summed E-state index contributed by atoms with van der Waals surface area (Å²) in [5, 5.41) is 0. The molecule has 0 fully saturated rings. The van der Waals surface area contributed by atoms with Crippen molar-refractivity contribution >= 4 is 18.6 Å². The van der Waals surface area contributed by atoms with E-state index in [0.717, 1.165) is 11.1 Å². The molecule has 5 nitrogen and oxygen atoms in total. The van der Waals surface area contributed by atoms with Gasteiger partial charge in [-0.15, -0.1) is 0 Å². The first-order valence-corrected chi connectivity index (χ1v) is 12.5. The summed E-state index contributed by atoms with van der Waals surface area (Å²) in [6, 6.07) is 19.1. The van der Waals surface area contributed by atoms with Crippen LogP contribution in [0.4, 0.5) is 0 Å². The Bertz CT molecular complexity index is 774. The highest BCUT2D eigenvalue weighted by Gasteiger charge is 2.41. The van der Waals surface area contributed by atoms with Gasteiger partial charge in [0.1, 0.15) is 5.78 Å². The molecule has 0 amide bonds. The van der Waals surface area contributed by atoms with Gasteiger partial charge in [-0.2, -0.15) is 0 Å². The molecule has 0 heterocycles. The van der Waals surface area contributed by atoms with E-state index in [1.807, 2.05) is 95.3 Å². The molecular formula is C22H32NO4PS. The summed E-state index contributed by atoms with van der Waals surface area (Å²) in [7, 11) is -5.06. The van der Waals surface area contributed by atoms with E-state index >= 15 is 0 Å². The molecule has 2 aromatic rings. The highest BCUT2D eigenvalue weighted by Crippen LogP contribution is 2.56. The standard InChI is InChI=1S/C22H32NO4PS/c1-18(2)21(23-29(25)22(3,4)5)28(24,26-16-19-12-8-6-9-13-19)27-17-20-14-10-7-11-15-20/h6-15,18,21,23H,16-17H2,1-5H3/t21-,29?/m1/s1. The Balaban J connectivity index is 2.26. The summed E-state index contributed by atoms with van der Waals surface area (Å²) in [4.78, 5) is 0. The van der Waals surface area contributed by atoms with Crippen LogP contribution in [-0.2, 0) is 37.8 Å². The topological polar surface area (TPSA) is 64.6 Å². The molecule has 0 radical (unpaired) electrons. The lowest BCUT2D eigenvalue weighted by atomic mass is 10.2. The fourth-order valence-corrected chi connectivity index (χ4v) is 5.96. The zero-order valence-electron chi connectivity index (χ0n) is 17.8. The van der Waals surface area contributed by atoms with Gasteiger partial charge in [-0.3, -0.25) is 4.57 Å². The van der Waals surface area contributed by atoms with Crippen LogP contribution in [0.15, 0.2) is 60.7 Å². The lowest BCUT2D eigenvalue weighted by Gasteiger charge is -2.32. The maximum Gasteiger partial charge on any atom is 0.349 e. The lowest BCUT2D eigenvalue weighted by Crippen LogP contribution is -2.42. The van der Waals surface area contributed by atoms with Gasteiger partial charge in [0.2, 0.25) is 0 Å². The fourth-order valence-electron chi connectivity index (χ4n) is 2.53. The van der Waals surface area contributed by atoms with Crippen molar-refractivity contribution in [2.75, 3.05) is 0 Å². The molecule has 0 aliphatic rings. The van der Waals surface area contributed by atoms with E-state index in [9.17, 15) is 8.77 Å². The van der Waals surface area contributed by atoms with Gasteiger partial charge in [0.05, 0.1) is 28.9 Å². The highest BCUT2D eigenvalue weighted by atomic mass is 32.2. The van der Waals surface area contributed by atoms with Gasteiger partial charge in [-0.05, 0) is 37.8 Å². The summed E-state index contributed by atoms with van der Waals surface area (Å²) in [6.45, 7) is 9.75. The molecular weight excluding hydrogens is 405 g/mol. The predicted molar refractivity (Wildman–Crippen MR) is 120 cm³/mol. The van der Waals surface area contributed by atoms with Crippen molar-refractivity contribution in [1.82, 2.24) is 4.72 Å². The van der Waals surface area contributed by atoms with Gasteiger partial charge in [0.15, 0.2) is 0 Å². The van der Waals surface area contributed by atoms with Crippen LogP contribution in [0.5, 0.6) is 0 Å². The third-order valence-corrected chi connectivity index (χ3v) is 8.40. The van der Waals surface area contributed by atoms with Crippen LogP contribution in [0, 0.1) is 5.92 Å². The van der Waals surface area contributed by atoms with Crippen molar-refractivity contribution in [3.8, 4) is 0 Å². The Morgan fingerprint density at radius 2 is 1.31 bits per heavy atom. The predicted octanol–water partition coefficient (Wildman–Crippen LogP) is 5.65. The molecule has 0 spiro atoms. The molecule has 0 aliphatic carbocycles. The quantitative estimate of drug-likeness (QED) is 0.488. The van der Waals surface area contributed by atoms with E-state index in [0.29, 0.717) is 0 Å². The number of rotatable bonds is 10. The van der Waals surface area contributed by atoms with E-state index in [2.05, 4.69) is 4.72 Å². The van der Waals surface area contributed by atoms with Gasteiger partial charge in [-0.1, -0.05) is 74.5 Å². The first-order valence-electron chi connectivity index (χ1n) is 9.76. The normalized spacial score (nSPS) is 14.7. The smallest absolute Gasteiger partial charge is 0.303 e. The minimum absolute atomic E-state index is 0.112. The maximum atomic E-state index is 13.9. The summed E-state index contributed by atoms with van der Waals surface area (Å²) in [6.07, 6.45) is 0. The average molecular weight is 438 g/mol. The van der Waals surface area contributed by atoms with Crippen LogP contribution in [-0.4, -0.2) is 14.7 Å². The molecule has 1 unspecified atom stereocenters. The zero-order valence-corrected chi connectivity index (χ0v) is 19.5. The monoisotopic (exact) mass is 437 g/mol. The summed E-state index contributed by atoms with van der Waals surface area (Å²) < 4.78 is 41.0. The second-order valence-corrected chi connectivity index (χ2v) is 12.4. The molecule has 2 aromatic carbocycles. The Hall–Kier alpha value is -1.30. The minimum Gasteiger partial charge on any atom is -0.303 e. The third kappa shape index (κ3) is 7.47. The van der Waals surface area contributed by atoms with Crippen LogP contribution in [0.25, 0.3) is 0 Å². The Morgan fingerprint density at radius 1 is 0.897 bits per heavy atom. The molecule has 1 N–H and O–H groups in total. The van der Waals surface area contributed by atoms with Crippen molar-refractivity contribution in [2.24, 2.45) is 5.92 Å². The Morgan fingerprint density at radius 3 is 1.66 bits per heavy atom. The van der Waals surface area contributed by atoms with Crippen molar-refractivity contribution in [2.45, 2.75) is 58.4 Å². The Kier molecular flexibility index (Phi) is 8.80. The van der Waals surface area contributed by atoms with Crippen LogP contribution >= 0.6 is 7.60 Å². The van der Waals surface area contributed by atoms with E-state index in [-0.39, 0.29) is 19.1 Å². The number of hydrogen-bond acceptors (Lipinski definition) is 4. The zero-order chi connectivity index (χ0) is 21.5. The molecule has 2 atom stereocenters. The van der Waals surface area contributed by atoms with Crippen molar-refractivity contribution < 1.29 is 17.8 Å². The van der Waals surface area contributed by atoms with Gasteiger partial charge in [0, 0.05) is 0 Å². The number of hydrogen-bond donors (Lipinski definition) is 1. The molecule has 160 valence electrons. The average Bonchev–Trinajstić information content (AvgIpc) is 2.69. The number of nitrogens with one attached hydrogen (secondary N) is 1. The number of benzene rings is 2. The molecule has 7 heteroatoms. The van der Waals surface area contributed by atoms with Gasteiger partial charge >= 0.3 is 7.60 Å². The van der Waals surface area contributed by atoms with Gasteiger partial charge in [0.25, 0.3) is 0 Å². The summed E-state index contributed by atoms with van der Waals surface area (Å²) >= 11 is 0. The Labute approximate surface area is 177 Å². The van der Waals surface area contributed by atoms with E-state index < -0.39 is 29.1 Å². The molecule has 2 rings (SSSR count). The summed E-state index contributed by atoms with van der Waals surface area (Å²) in [5.41, 5.74) is 1.80. The van der Waals surface area contributed by atoms with E-state index in [1.165, 1.54) is 0 Å². The maximum absolute atomic E-state index is 13.9. The molecule has 0 bridgehead atoms. The second-order valence-electron chi connectivity index (χ2n) is 8.25. The fraction of sp³-hybridized carbons (Fsp3) is 0.455. The van der Waals surface area contributed by atoms with Crippen LogP contribution in [0.2, 0.25) is 0 Å². The minimum atomic E-state index is -3.64. The molecule has 29 heavy (non-hydrogen) atoms. The van der Waals surface area contributed by atoms with E-state index in [1.54, 1.807) is 0 Å².